The van der Waals surface area contributed by atoms with Gasteiger partial charge < -0.3 is 4.74 Å². The van der Waals surface area contributed by atoms with E-state index in [1.54, 1.807) is 55.9 Å². The van der Waals surface area contributed by atoms with E-state index in [9.17, 15) is 8.42 Å². The highest BCUT2D eigenvalue weighted by molar-refractivity contribution is 7.88. The Bertz CT molecular complexity index is 723. The number of benzene rings is 1. The van der Waals surface area contributed by atoms with Crippen LogP contribution in [0.25, 0.3) is 0 Å². The average molecular weight is 355 g/mol. The van der Waals surface area contributed by atoms with Crippen molar-refractivity contribution in [2.45, 2.75) is 12.3 Å². The Balaban J connectivity index is 2.18. The van der Waals surface area contributed by atoms with E-state index in [1.807, 2.05) is 0 Å². The second-order valence-electron chi connectivity index (χ2n) is 5.07. The highest BCUT2D eigenvalue weighted by Gasteiger charge is 2.22. The topological polar surface area (TPSA) is 59.5 Å². The van der Waals surface area contributed by atoms with E-state index in [2.05, 4.69) is 4.98 Å². The third-order valence-corrected chi connectivity index (χ3v) is 5.32. The van der Waals surface area contributed by atoms with E-state index < -0.39 is 10.0 Å². The minimum atomic E-state index is -3.49. The van der Waals surface area contributed by atoms with Crippen molar-refractivity contribution in [3.05, 3.63) is 64.9 Å². The van der Waals surface area contributed by atoms with Gasteiger partial charge in [-0.2, -0.15) is 4.31 Å². The third kappa shape index (κ3) is 5.58. The quantitative estimate of drug-likeness (QED) is 0.731. The Morgan fingerprint density at radius 1 is 1.17 bits per heavy atom. The zero-order valence-corrected chi connectivity index (χ0v) is 14.4. The summed E-state index contributed by atoms with van der Waals surface area (Å²) in [7, 11) is -1.94. The van der Waals surface area contributed by atoms with Gasteiger partial charge in [0.1, 0.15) is 0 Å². The minimum Gasteiger partial charge on any atom is -0.383 e. The SMILES string of the molecule is COCCN(Cc1ccncc1)S(=O)(=O)Cc1cccc(Cl)c1. The number of nitrogens with zero attached hydrogens (tertiary/aromatic N) is 2. The lowest BCUT2D eigenvalue weighted by atomic mass is 10.2. The summed E-state index contributed by atoms with van der Waals surface area (Å²) in [5.74, 6) is -0.0949. The fourth-order valence-electron chi connectivity index (χ4n) is 2.13. The lowest BCUT2D eigenvalue weighted by molar-refractivity contribution is 0.177. The lowest BCUT2D eigenvalue weighted by Gasteiger charge is -2.22. The molecular weight excluding hydrogens is 336 g/mol. The summed E-state index contributed by atoms with van der Waals surface area (Å²) < 4.78 is 31.9. The minimum absolute atomic E-state index is 0.0949. The molecule has 0 saturated heterocycles. The van der Waals surface area contributed by atoms with Crippen molar-refractivity contribution in [1.29, 1.82) is 0 Å². The molecule has 5 nitrogen and oxygen atoms in total. The molecule has 1 heterocycles. The molecule has 0 N–H and O–H groups in total. The van der Waals surface area contributed by atoms with Gasteiger partial charge in [-0.05, 0) is 35.4 Å². The Kier molecular flexibility index (Phi) is 6.53. The molecule has 0 spiro atoms. The Hall–Kier alpha value is -1.47. The number of aromatic nitrogens is 1. The summed E-state index contributed by atoms with van der Waals surface area (Å²) in [6, 6.07) is 10.5. The maximum Gasteiger partial charge on any atom is 0.218 e. The number of ether oxygens (including phenoxy) is 1. The van der Waals surface area contributed by atoms with Crippen LogP contribution in [0, 0.1) is 0 Å². The molecule has 0 unspecified atom stereocenters. The van der Waals surface area contributed by atoms with Gasteiger partial charge in [0.15, 0.2) is 0 Å². The maximum absolute atomic E-state index is 12.7. The van der Waals surface area contributed by atoms with Gasteiger partial charge in [0, 0.05) is 37.6 Å². The van der Waals surface area contributed by atoms with Crippen LogP contribution in [0.15, 0.2) is 48.8 Å². The second-order valence-corrected chi connectivity index (χ2v) is 7.47. The monoisotopic (exact) mass is 354 g/mol. The van der Waals surface area contributed by atoms with Crippen molar-refractivity contribution in [3.8, 4) is 0 Å². The summed E-state index contributed by atoms with van der Waals surface area (Å²) in [6.07, 6.45) is 3.29. The summed E-state index contributed by atoms with van der Waals surface area (Å²) in [5, 5.41) is 0.523. The Labute approximate surface area is 141 Å². The Morgan fingerprint density at radius 2 is 1.91 bits per heavy atom. The third-order valence-electron chi connectivity index (χ3n) is 3.28. The number of hydrogen-bond donors (Lipinski definition) is 0. The van der Waals surface area contributed by atoms with E-state index in [4.69, 9.17) is 16.3 Å². The number of rotatable bonds is 8. The molecule has 0 radical (unpaired) electrons. The molecule has 23 heavy (non-hydrogen) atoms. The normalized spacial score (nSPS) is 11.8. The molecule has 0 aliphatic rings. The molecular formula is C16H19ClN2O3S. The lowest BCUT2D eigenvalue weighted by Crippen LogP contribution is -2.34. The van der Waals surface area contributed by atoms with Crippen LogP contribution in [-0.2, 0) is 27.1 Å². The molecule has 7 heteroatoms. The molecule has 0 aliphatic heterocycles. The van der Waals surface area contributed by atoms with E-state index in [0.29, 0.717) is 23.7 Å². The van der Waals surface area contributed by atoms with Gasteiger partial charge in [0.05, 0.1) is 12.4 Å². The zero-order valence-electron chi connectivity index (χ0n) is 12.9. The first-order chi connectivity index (χ1) is 11.0. The van der Waals surface area contributed by atoms with Crippen LogP contribution < -0.4 is 0 Å². The van der Waals surface area contributed by atoms with E-state index in [1.165, 1.54) is 4.31 Å². The van der Waals surface area contributed by atoms with Gasteiger partial charge in [0.25, 0.3) is 0 Å². The molecule has 0 amide bonds. The van der Waals surface area contributed by atoms with Crippen LogP contribution in [-0.4, -0.2) is 38.0 Å². The first-order valence-corrected chi connectivity index (χ1v) is 9.10. The van der Waals surface area contributed by atoms with Crippen molar-refractivity contribution >= 4 is 21.6 Å². The number of sulfonamides is 1. The van der Waals surface area contributed by atoms with Crippen LogP contribution >= 0.6 is 11.6 Å². The van der Waals surface area contributed by atoms with Crippen LogP contribution in [0.1, 0.15) is 11.1 Å². The fourth-order valence-corrected chi connectivity index (χ4v) is 3.82. The van der Waals surface area contributed by atoms with E-state index in [-0.39, 0.29) is 12.3 Å². The highest BCUT2D eigenvalue weighted by Crippen LogP contribution is 2.17. The molecule has 2 rings (SSSR count). The predicted octanol–water partition coefficient (Wildman–Crippen LogP) is 2.71. The number of hydrogen-bond acceptors (Lipinski definition) is 4. The van der Waals surface area contributed by atoms with Gasteiger partial charge in [-0.15, -0.1) is 0 Å². The number of halogens is 1. The van der Waals surface area contributed by atoms with Crippen LogP contribution in [0.3, 0.4) is 0 Å². The largest absolute Gasteiger partial charge is 0.383 e. The standard InChI is InChI=1S/C16H19ClN2O3S/c1-22-10-9-19(12-14-5-7-18-8-6-14)23(20,21)13-15-3-2-4-16(17)11-15/h2-8,11H,9-10,12-13H2,1H3. The van der Waals surface area contributed by atoms with Gasteiger partial charge >= 0.3 is 0 Å². The smallest absolute Gasteiger partial charge is 0.218 e. The van der Waals surface area contributed by atoms with Crippen molar-refractivity contribution in [3.63, 3.8) is 0 Å². The van der Waals surface area contributed by atoms with Gasteiger partial charge in [-0.25, -0.2) is 8.42 Å². The average Bonchev–Trinajstić information content (AvgIpc) is 2.52. The van der Waals surface area contributed by atoms with Crippen molar-refractivity contribution in [1.82, 2.24) is 9.29 Å². The summed E-state index contributed by atoms with van der Waals surface area (Å²) in [5.41, 5.74) is 1.54. The molecule has 124 valence electrons. The molecule has 1 aromatic carbocycles. The van der Waals surface area contributed by atoms with E-state index >= 15 is 0 Å². The van der Waals surface area contributed by atoms with Crippen LogP contribution in [0.2, 0.25) is 5.02 Å². The van der Waals surface area contributed by atoms with Gasteiger partial charge in [-0.1, -0.05) is 23.7 Å². The van der Waals surface area contributed by atoms with Gasteiger partial charge in [-0.3, -0.25) is 4.98 Å². The molecule has 0 aliphatic carbocycles. The number of methoxy groups -OCH3 is 1. The predicted molar refractivity (Wildman–Crippen MR) is 90.6 cm³/mol. The van der Waals surface area contributed by atoms with E-state index in [0.717, 1.165) is 5.56 Å². The van der Waals surface area contributed by atoms with Crippen molar-refractivity contribution in [2.24, 2.45) is 0 Å². The van der Waals surface area contributed by atoms with Crippen LogP contribution in [0.5, 0.6) is 0 Å². The first-order valence-electron chi connectivity index (χ1n) is 7.11. The molecule has 0 bridgehead atoms. The maximum atomic E-state index is 12.7. The molecule has 0 atom stereocenters. The van der Waals surface area contributed by atoms with Crippen molar-refractivity contribution < 1.29 is 13.2 Å². The number of pyridine rings is 1. The molecule has 0 saturated carbocycles. The fraction of sp³-hybridized carbons (Fsp3) is 0.312. The molecule has 1 aromatic heterocycles. The summed E-state index contributed by atoms with van der Waals surface area (Å²) in [6.45, 7) is 0.913. The molecule has 2 aromatic rings. The van der Waals surface area contributed by atoms with Crippen LogP contribution in [0.4, 0.5) is 0 Å². The summed E-state index contributed by atoms with van der Waals surface area (Å²) in [4.78, 5) is 3.95. The first kappa shape index (κ1) is 17.9. The Morgan fingerprint density at radius 3 is 2.57 bits per heavy atom. The second kappa shape index (κ2) is 8.40. The highest BCUT2D eigenvalue weighted by atomic mass is 35.5. The zero-order chi connectivity index (χ0) is 16.7. The summed E-state index contributed by atoms with van der Waals surface area (Å²) >= 11 is 5.93. The van der Waals surface area contributed by atoms with Gasteiger partial charge in [0.2, 0.25) is 10.0 Å². The molecule has 0 fully saturated rings. The van der Waals surface area contributed by atoms with Crippen molar-refractivity contribution in [2.75, 3.05) is 20.3 Å².